The molecule has 0 atom stereocenters. The first-order valence-corrected chi connectivity index (χ1v) is 10.0. The fraction of sp³-hybridized carbons (Fsp3) is 0.286. The number of thioether (sulfide) groups is 1. The maximum absolute atomic E-state index is 12.0. The van der Waals surface area contributed by atoms with E-state index in [4.69, 9.17) is 4.74 Å². The topological polar surface area (TPSA) is 84.5 Å². The minimum Gasteiger partial charge on any atom is -0.497 e. The molecule has 0 aliphatic rings. The van der Waals surface area contributed by atoms with Gasteiger partial charge in [-0.25, -0.2) is 0 Å². The highest BCUT2D eigenvalue weighted by atomic mass is 32.2. The Hall–Kier alpha value is -2.80. The zero-order valence-corrected chi connectivity index (χ0v) is 16.8. The average Bonchev–Trinajstić information content (AvgIpc) is 2.68. The highest BCUT2D eigenvalue weighted by Gasteiger charge is 2.07. The summed E-state index contributed by atoms with van der Waals surface area (Å²) in [5.41, 5.74) is 2.23. The second-order valence-electron chi connectivity index (χ2n) is 6.13. The van der Waals surface area contributed by atoms with E-state index in [1.54, 1.807) is 31.4 Å². The zero-order chi connectivity index (χ0) is 20.4. The van der Waals surface area contributed by atoms with Gasteiger partial charge >= 0.3 is 0 Å². The van der Waals surface area contributed by atoms with Crippen LogP contribution in [-0.4, -0.2) is 42.8 Å². The normalized spacial score (nSPS) is 10.2. The van der Waals surface area contributed by atoms with Crippen molar-refractivity contribution >= 4 is 35.0 Å². The molecule has 0 aliphatic heterocycles. The zero-order valence-electron chi connectivity index (χ0n) is 16.0. The maximum Gasteiger partial charge on any atom is 0.234 e. The lowest BCUT2D eigenvalue weighted by molar-refractivity contribution is -0.118. The van der Waals surface area contributed by atoms with Gasteiger partial charge in [0.1, 0.15) is 5.75 Å². The Morgan fingerprint density at radius 3 is 2.39 bits per heavy atom. The molecule has 0 aliphatic carbocycles. The van der Waals surface area contributed by atoms with Gasteiger partial charge in [0.25, 0.3) is 0 Å². The first kappa shape index (κ1) is 21.5. The summed E-state index contributed by atoms with van der Waals surface area (Å²) >= 11 is 1.24. The molecule has 0 saturated heterocycles. The van der Waals surface area contributed by atoms with Crippen LogP contribution in [0, 0.1) is 0 Å². The number of hydrogen-bond donors (Lipinski definition) is 2. The first-order chi connectivity index (χ1) is 13.5. The van der Waals surface area contributed by atoms with Crippen LogP contribution in [0.5, 0.6) is 5.75 Å². The van der Waals surface area contributed by atoms with Crippen molar-refractivity contribution in [2.45, 2.75) is 13.3 Å². The van der Waals surface area contributed by atoms with E-state index in [-0.39, 0.29) is 29.1 Å². The van der Waals surface area contributed by atoms with Gasteiger partial charge in [-0.3, -0.25) is 14.4 Å². The monoisotopic (exact) mass is 400 g/mol. The number of rotatable bonds is 10. The molecule has 6 nitrogen and oxygen atoms in total. The molecule has 0 fully saturated rings. The van der Waals surface area contributed by atoms with E-state index in [2.05, 4.69) is 10.6 Å². The van der Waals surface area contributed by atoms with Crippen LogP contribution in [-0.2, 0) is 16.0 Å². The molecule has 0 aromatic heterocycles. The number of methoxy groups -OCH3 is 1. The summed E-state index contributed by atoms with van der Waals surface area (Å²) in [5, 5.41) is 5.57. The molecule has 2 aromatic rings. The Bertz CT molecular complexity index is 821. The molecule has 2 aromatic carbocycles. The molecule has 0 spiro atoms. The Kier molecular flexibility index (Phi) is 8.55. The summed E-state index contributed by atoms with van der Waals surface area (Å²) in [4.78, 5) is 35.2. The summed E-state index contributed by atoms with van der Waals surface area (Å²) in [6.45, 7) is 2.01. The Labute approximate surface area is 169 Å². The second kappa shape index (κ2) is 11.1. The molecular weight excluding hydrogens is 376 g/mol. The van der Waals surface area contributed by atoms with E-state index in [0.29, 0.717) is 17.8 Å². The molecule has 7 heteroatoms. The molecule has 2 N–H and O–H groups in total. The van der Waals surface area contributed by atoms with Crippen LogP contribution in [0.3, 0.4) is 0 Å². The molecule has 2 amide bonds. The number of amides is 2. The quantitative estimate of drug-likeness (QED) is 0.599. The van der Waals surface area contributed by atoms with E-state index in [9.17, 15) is 14.4 Å². The van der Waals surface area contributed by atoms with E-state index < -0.39 is 0 Å². The average molecular weight is 401 g/mol. The van der Waals surface area contributed by atoms with Crippen molar-refractivity contribution < 1.29 is 19.1 Å². The van der Waals surface area contributed by atoms with Crippen LogP contribution in [0.2, 0.25) is 0 Å². The third kappa shape index (κ3) is 7.44. The van der Waals surface area contributed by atoms with Crippen LogP contribution in [0.15, 0.2) is 48.5 Å². The van der Waals surface area contributed by atoms with Crippen LogP contribution in [0.4, 0.5) is 5.69 Å². The summed E-state index contributed by atoms with van der Waals surface area (Å²) in [7, 11) is 1.62. The Balaban J connectivity index is 1.63. The van der Waals surface area contributed by atoms with E-state index in [0.717, 1.165) is 17.7 Å². The Morgan fingerprint density at radius 2 is 1.71 bits per heavy atom. The summed E-state index contributed by atoms with van der Waals surface area (Å²) in [5.74, 6) is 0.800. The van der Waals surface area contributed by atoms with Crippen molar-refractivity contribution in [2.75, 3.05) is 30.5 Å². The number of carbonyl (C=O) groups excluding carboxylic acids is 3. The number of ether oxygens (including phenoxy) is 1. The van der Waals surface area contributed by atoms with E-state index >= 15 is 0 Å². The number of carbonyl (C=O) groups is 3. The van der Waals surface area contributed by atoms with Gasteiger partial charge in [-0.05, 0) is 43.2 Å². The van der Waals surface area contributed by atoms with Gasteiger partial charge in [-0.2, -0.15) is 0 Å². The highest BCUT2D eigenvalue weighted by molar-refractivity contribution is 8.00. The summed E-state index contributed by atoms with van der Waals surface area (Å²) in [6, 6.07) is 14.5. The standard InChI is InChI=1S/C21H24N2O4S/c1-15(24)17-4-3-5-18(12-17)23-21(26)14-28-13-20(25)22-11-10-16-6-8-19(27-2)9-7-16/h3-9,12H,10-11,13-14H2,1-2H3,(H,22,25)(H,23,26). The lowest BCUT2D eigenvalue weighted by Gasteiger charge is -2.07. The molecule has 28 heavy (non-hydrogen) atoms. The van der Waals surface area contributed by atoms with E-state index in [1.807, 2.05) is 24.3 Å². The number of ketones is 1. The minimum atomic E-state index is -0.211. The fourth-order valence-corrected chi connectivity index (χ4v) is 3.09. The third-order valence-electron chi connectivity index (χ3n) is 3.91. The maximum atomic E-state index is 12.0. The minimum absolute atomic E-state index is 0.0585. The van der Waals surface area contributed by atoms with Crippen LogP contribution < -0.4 is 15.4 Å². The van der Waals surface area contributed by atoms with Crippen LogP contribution in [0.25, 0.3) is 0 Å². The predicted molar refractivity (Wildman–Crippen MR) is 112 cm³/mol. The summed E-state index contributed by atoms with van der Waals surface area (Å²) in [6.07, 6.45) is 0.730. The van der Waals surface area contributed by atoms with Gasteiger partial charge in [-0.1, -0.05) is 24.3 Å². The molecule has 148 valence electrons. The SMILES string of the molecule is COc1ccc(CCNC(=O)CSCC(=O)Nc2cccc(C(C)=O)c2)cc1. The van der Waals surface area contributed by atoms with Crippen molar-refractivity contribution in [3.05, 3.63) is 59.7 Å². The van der Waals surface area contributed by atoms with Gasteiger partial charge in [0.2, 0.25) is 11.8 Å². The molecular formula is C21H24N2O4S. The van der Waals surface area contributed by atoms with Gasteiger partial charge in [0.05, 0.1) is 18.6 Å². The number of benzene rings is 2. The predicted octanol–water partition coefficient (Wildman–Crippen LogP) is 2.93. The van der Waals surface area contributed by atoms with Crippen molar-refractivity contribution in [1.82, 2.24) is 5.32 Å². The van der Waals surface area contributed by atoms with Crippen molar-refractivity contribution in [2.24, 2.45) is 0 Å². The molecule has 0 heterocycles. The van der Waals surface area contributed by atoms with Crippen LogP contribution >= 0.6 is 11.8 Å². The number of nitrogens with one attached hydrogen (secondary N) is 2. The number of anilines is 1. The van der Waals surface area contributed by atoms with Gasteiger partial charge < -0.3 is 15.4 Å². The highest BCUT2D eigenvalue weighted by Crippen LogP contribution is 2.13. The molecule has 0 saturated carbocycles. The largest absolute Gasteiger partial charge is 0.497 e. The van der Waals surface area contributed by atoms with Crippen LogP contribution in [0.1, 0.15) is 22.8 Å². The van der Waals surface area contributed by atoms with Crippen molar-refractivity contribution in [1.29, 1.82) is 0 Å². The summed E-state index contributed by atoms with van der Waals surface area (Å²) < 4.78 is 5.11. The fourth-order valence-electron chi connectivity index (χ4n) is 2.44. The molecule has 0 bridgehead atoms. The van der Waals surface area contributed by atoms with Gasteiger partial charge in [0, 0.05) is 17.8 Å². The molecule has 0 unspecified atom stereocenters. The Morgan fingerprint density at radius 1 is 1.00 bits per heavy atom. The van der Waals surface area contributed by atoms with Crippen molar-refractivity contribution in [3.63, 3.8) is 0 Å². The third-order valence-corrected chi connectivity index (χ3v) is 4.85. The van der Waals surface area contributed by atoms with Gasteiger partial charge in [0.15, 0.2) is 5.78 Å². The lowest BCUT2D eigenvalue weighted by Crippen LogP contribution is -2.28. The van der Waals surface area contributed by atoms with E-state index in [1.165, 1.54) is 18.7 Å². The second-order valence-corrected chi connectivity index (χ2v) is 7.11. The lowest BCUT2D eigenvalue weighted by atomic mass is 10.1. The van der Waals surface area contributed by atoms with Gasteiger partial charge in [-0.15, -0.1) is 11.8 Å². The number of hydrogen-bond acceptors (Lipinski definition) is 5. The number of Topliss-reactive ketones (excluding diaryl/α,β-unsaturated/α-hetero) is 1. The molecule has 2 rings (SSSR count). The van der Waals surface area contributed by atoms with Crippen molar-refractivity contribution in [3.8, 4) is 5.75 Å². The smallest absolute Gasteiger partial charge is 0.234 e. The first-order valence-electron chi connectivity index (χ1n) is 8.86. The molecule has 0 radical (unpaired) electrons.